The highest BCUT2D eigenvalue weighted by atomic mass is 16.6. The minimum absolute atomic E-state index is 0.168. The second-order valence-corrected chi connectivity index (χ2v) is 3.25. The lowest BCUT2D eigenvalue weighted by Crippen LogP contribution is -2.29. The molecule has 1 N–H and O–H groups in total. The Kier molecular flexibility index (Phi) is 2.99. The number of benzene rings is 1. The number of hydrogen-bond donors (Lipinski definition) is 1. The van der Waals surface area contributed by atoms with Crippen LogP contribution in [0.1, 0.15) is 11.6 Å². The Morgan fingerprint density at radius 1 is 1.40 bits per heavy atom. The van der Waals surface area contributed by atoms with Gasteiger partial charge in [0, 0.05) is 0 Å². The fourth-order valence-electron chi connectivity index (χ4n) is 1.59. The molecule has 0 amide bonds. The van der Waals surface area contributed by atoms with Crippen LogP contribution in [0.2, 0.25) is 0 Å². The zero-order valence-electron chi connectivity index (χ0n) is 8.34. The minimum atomic E-state index is -0.600. The molecule has 0 aliphatic carbocycles. The maximum atomic E-state index is 11.4. The van der Waals surface area contributed by atoms with E-state index < -0.39 is 6.10 Å². The molecule has 1 heterocycles. The zero-order chi connectivity index (χ0) is 10.7. The molecule has 2 atom stereocenters. The normalized spacial score (nSPS) is 25.1. The summed E-state index contributed by atoms with van der Waals surface area (Å²) in [6, 6.07) is 9.48. The molecule has 2 unspecified atom stereocenters. The third-order valence-corrected chi connectivity index (χ3v) is 2.36. The highest BCUT2D eigenvalue weighted by Crippen LogP contribution is 2.25. The number of methoxy groups -OCH3 is 1. The van der Waals surface area contributed by atoms with Crippen LogP contribution >= 0.6 is 0 Å². The summed E-state index contributed by atoms with van der Waals surface area (Å²) in [5, 5.41) is 2.99. The van der Waals surface area contributed by atoms with Crippen LogP contribution < -0.4 is 5.32 Å². The molecule has 1 radical (unpaired) electrons. The van der Waals surface area contributed by atoms with Crippen molar-refractivity contribution in [2.75, 3.05) is 7.11 Å². The van der Waals surface area contributed by atoms with Gasteiger partial charge in [-0.25, -0.2) is 4.79 Å². The minimum Gasteiger partial charge on any atom is -0.467 e. The number of ether oxygens (including phenoxy) is 2. The molecule has 15 heavy (non-hydrogen) atoms. The number of nitrogens with one attached hydrogen (secondary N) is 1. The SMILES string of the molecule is COC(=O)C1O[CH]NC1c1ccccc1. The molecule has 4 nitrogen and oxygen atoms in total. The van der Waals surface area contributed by atoms with E-state index in [0.717, 1.165) is 5.56 Å². The van der Waals surface area contributed by atoms with Gasteiger partial charge in [-0.3, -0.25) is 5.32 Å². The molecule has 1 aromatic rings. The van der Waals surface area contributed by atoms with Crippen molar-refractivity contribution < 1.29 is 14.3 Å². The average molecular weight is 206 g/mol. The van der Waals surface area contributed by atoms with Gasteiger partial charge in [0.05, 0.1) is 13.2 Å². The predicted molar refractivity (Wildman–Crippen MR) is 53.5 cm³/mol. The van der Waals surface area contributed by atoms with Crippen molar-refractivity contribution >= 4 is 5.97 Å². The average Bonchev–Trinajstić information content (AvgIpc) is 2.78. The van der Waals surface area contributed by atoms with Crippen molar-refractivity contribution in [3.8, 4) is 0 Å². The summed E-state index contributed by atoms with van der Waals surface area (Å²) in [5.74, 6) is -0.370. The second-order valence-electron chi connectivity index (χ2n) is 3.25. The van der Waals surface area contributed by atoms with Crippen LogP contribution in [-0.4, -0.2) is 19.2 Å². The maximum Gasteiger partial charge on any atom is 0.337 e. The molecule has 4 heteroatoms. The van der Waals surface area contributed by atoms with Crippen LogP contribution in [0.4, 0.5) is 0 Å². The second kappa shape index (κ2) is 4.42. The van der Waals surface area contributed by atoms with Crippen LogP contribution in [0.3, 0.4) is 0 Å². The summed E-state index contributed by atoms with van der Waals surface area (Å²) in [7, 11) is 1.35. The van der Waals surface area contributed by atoms with Gasteiger partial charge in [-0.05, 0) is 5.56 Å². The van der Waals surface area contributed by atoms with E-state index in [1.807, 2.05) is 30.3 Å². The van der Waals surface area contributed by atoms with Gasteiger partial charge in [-0.15, -0.1) is 0 Å². The van der Waals surface area contributed by atoms with E-state index >= 15 is 0 Å². The number of carbonyl (C=O) groups is 1. The number of esters is 1. The summed E-state index contributed by atoms with van der Waals surface area (Å²) in [5.41, 5.74) is 1.00. The summed E-state index contributed by atoms with van der Waals surface area (Å²) >= 11 is 0. The van der Waals surface area contributed by atoms with Crippen LogP contribution in [0.15, 0.2) is 30.3 Å². The molecule has 0 spiro atoms. The van der Waals surface area contributed by atoms with Crippen molar-refractivity contribution in [3.05, 3.63) is 42.6 Å². The Hall–Kier alpha value is -1.39. The van der Waals surface area contributed by atoms with Gasteiger partial charge in [-0.2, -0.15) is 0 Å². The molecule has 1 aliphatic rings. The van der Waals surface area contributed by atoms with Crippen molar-refractivity contribution in [1.82, 2.24) is 5.32 Å². The topological polar surface area (TPSA) is 47.6 Å². The van der Waals surface area contributed by atoms with Gasteiger partial charge in [0.1, 0.15) is 6.73 Å². The predicted octanol–water partition coefficient (Wildman–Crippen LogP) is 1.01. The lowest BCUT2D eigenvalue weighted by atomic mass is 10.0. The Balaban J connectivity index is 2.18. The van der Waals surface area contributed by atoms with E-state index in [0.29, 0.717) is 0 Å². The number of hydrogen-bond acceptors (Lipinski definition) is 4. The van der Waals surface area contributed by atoms with Crippen molar-refractivity contribution in [1.29, 1.82) is 0 Å². The molecule has 1 fully saturated rings. The molecular formula is C11H12NO3. The fourth-order valence-corrected chi connectivity index (χ4v) is 1.59. The highest BCUT2D eigenvalue weighted by molar-refractivity contribution is 5.76. The summed E-state index contributed by atoms with van der Waals surface area (Å²) in [6.07, 6.45) is -0.600. The summed E-state index contributed by atoms with van der Waals surface area (Å²) in [4.78, 5) is 11.4. The van der Waals surface area contributed by atoms with Crippen LogP contribution in [0, 0.1) is 6.73 Å². The molecule has 0 saturated carbocycles. The Labute approximate surface area is 88.2 Å². The third-order valence-electron chi connectivity index (χ3n) is 2.36. The Bertz CT molecular complexity index is 339. The van der Waals surface area contributed by atoms with Crippen LogP contribution in [0.25, 0.3) is 0 Å². The lowest BCUT2D eigenvalue weighted by Gasteiger charge is -2.15. The molecular weight excluding hydrogens is 194 g/mol. The third kappa shape index (κ3) is 2.00. The molecule has 2 rings (SSSR count). The smallest absolute Gasteiger partial charge is 0.337 e. The van der Waals surface area contributed by atoms with E-state index in [-0.39, 0.29) is 12.0 Å². The van der Waals surface area contributed by atoms with Crippen LogP contribution in [-0.2, 0) is 14.3 Å². The summed E-state index contributed by atoms with van der Waals surface area (Å²) in [6.45, 7) is 1.43. The summed E-state index contributed by atoms with van der Waals surface area (Å²) < 4.78 is 9.82. The van der Waals surface area contributed by atoms with Gasteiger partial charge in [-0.1, -0.05) is 30.3 Å². The van der Waals surface area contributed by atoms with E-state index in [1.165, 1.54) is 13.8 Å². The van der Waals surface area contributed by atoms with E-state index in [9.17, 15) is 4.79 Å². The standard InChI is InChI=1S/C11H12NO3/c1-14-11(13)10-9(12-7-15-10)8-5-3-2-4-6-8/h2-7,9-10,12H,1H3. The van der Waals surface area contributed by atoms with Crippen molar-refractivity contribution in [2.24, 2.45) is 0 Å². The first kappa shape index (κ1) is 10.1. The van der Waals surface area contributed by atoms with Crippen molar-refractivity contribution in [3.63, 3.8) is 0 Å². The first-order chi connectivity index (χ1) is 7.33. The molecule has 1 aliphatic heterocycles. The maximum absolute atomic E-state index is 11.4. The first-order valence-corrected chi connectivity index (χ1v) is 4.69. The zero-order valence-corrected chi connectivity index (χ0v) is 8.34. The van der Waals surface area contributed by atoms with Crippen molar-refractivity contribution in [2.45, 2.75) is 12.1 Å². The molecule has 0 bridgehead atoms. The fraction of sp³-hybridized carbons (Fsp3) is 0.273. The van der Waals surface area contributed by atoms with Crippen LogP contribution in [0.5, 0.6) is 0 Å². The van der Waals surface area contributed by atoms with Gasteiger partial charge >= 0.3 is 5.97 Å². The van der Waals surface area contributed by atoms with E-state index in [1.54, 1.807) is 0 Å². The number of carbonyl (C=O) groups excluding carboxylic acids is 1. The Morgan fingerprint density at radius 2 is 2.13 bits per heavy atom. The molecule has 0 aromatic heterocycles. The largest absolute Gasteiger partial charge is 0.467 e. The Morgan fingerprint density at radius 3 is 2.80 bits per heavy atom. The quantitative estimate of drug-likeness (QED) is 0.733. The van der Waals surface area contributed by atoms with E-state index in [4.69, 9.17) is 4.74 Å². The van der Waals surface area contributed by atoms with Gasteiger partial charge in [0.2, 0.25) is 0 Å². The number of rotatable bonds is 2. The van der Waals surface area contributed by atoms with Gasteiger partial charge in [0.25, 0.3) is 0 Å². The highest BCUT2D eigenvalue weighted by Gasteiger charge is 2.36. The van der Waals surface area contributed by atoms with E-state index in [2.05, 4.69) is 10.1 Å². The van der Waals surface area contributed by atoms with Gasteiger partial charge < -0.3 is 9.47 Å². The molecule has 79 valence electrons. The molecule has 1 saturated heterocycles. The molecule has 1 aromatic carbocycles. The first-order valence-electron chi connectivity index (χ1n) is 4.69. The van der Waals surface area contributed by atoms with Gasteiger partial charge in [0.15, 0.2) is 6.10 Å². The lowest BCUT2D eigenvalue weighted by molar-refractivity contribution is -0.150. The monoisotopic (exact) mass is 206 g/mol.